The molecule has 5 rings (SSSR count). The summed E-state index contributed by atoms with van der Waals surface area (Å²) in [5, 5.41) is 0. The minimum atomic E-state index is -0.735. The fourth-order valence-electron chi connectivity index (χ4n) is 4.54. The van der Waals surface area contributed by atoms with Crippen molar-refractivity contribution in [1.82, 2.24) is 4.90 Å². The first kappa shape index (κ1) is 23.4. The molecule has 3 aromatic carbocycles. The lowest BCUT2D eigenvalue weighted by Gasteiger charge is -2.36. The summed E-state index contributed by atoms with van der Waals surface area (Å²) in [5.41, 5.74) is 3.17. The summed E-state index contributed by atoms with van der Waals surface area (Å²) in [5.74, 6) is 0.536. The van der Waals surface area contributed by atoms with Crippen LogP contribution in [-0.4, -0.2) is 42.5 Å². The third kappa shape index (κ3) is 4.62. The van der Waals surface area contributed by atoms with Gasteiger partial charge in [-0.2, -0.15) is 0 Å². The number of carbonyl (C=O) groups is 3. The van der Waals surface area contributed by atoms with E-state index in [1.807, 2.05) is 30.3 Å². The standard InChI is InChI=1S/C28H25NO7/c1-17(30)35-22-10-8-18(9-11-22)26-16-34-24-13-20-12-23(28(32)33-2)29(15-21(20)14-25(24)36-26)27(31)19-6-4-3-5-7-19/h3-11,13-14,23,26H,12,15-16H2,1-2H3/t23-,26+/m0/s1. The number of ether oxygens (including phenoxy) is 4. The number of esters is 2. The maximum atomic E-state index is 13.3. The van der Waals surface area contributed by atoms with Gasteiger partial charge < -0.3 is 23.8 Å². The van der Waals surface area contributed by atoms with E-state index in [9.17, 15) is 14.4 Å². The summed E-state index contributed by atoms with van der Waals surface area (Å²) in [6, 6.07) is 19.0. The fraction of sp³-hybridized carbons (Fsp3) is 0.250. The van der Waals surface area contributed by atoms with Crippen LogP contribution in [0.4, 0.5) is 0 Å². The highest BCUT2D eigenvalue weighted by atomic mass is 16.6. The Morgan fingerprint density at radius 3 is 2.36 bits per heavy atom. The van der Waals surface area contributed by atoms with Crippen LogP contribution < -0.4 is 14.2 Å². The molecular weight excluding hydrogens is 462 g/mol. The number of fused-ring (bicyclic) bond motifs is 2. The molecule has 0 saturated carbocycles. The number of hydrogen-bond acceptors (Lipinski definition) is 7. The van der Waals surface area contributed by atoms with Crippen LogP contribution in [0.1, 0.15) is 40.1 Å². The molecule has 36 heavy (non-hydrogen) atoms. The monoisotopic (exact) mass is 487 g/mol. The first-order valence-electron chi connectivity index (χ1n) is 11.6. The predicted octanol–water partition coefficient (Wildman–Crippen LogP) is 3.86. The number of carbonyl (C=O) groups excluding carboxylic acids is 3. The second-order valence-electron chi connectivity index (χ2n) is 8.69. The van der Waals surface area contributed by atoms with E-state index < -0.39 is 12.0 Å². The van der Waals surface area contributed by atoms with E-state index in [4.69, 9.17) is 18.9 Å². The molecule has 1 amide bonds. The van der Waals surface area contributed by atoms with Crippen LogP contribution in [0.25, 0.3) is 0 Å². The minimum absolute atomic E-state index is 0.237. The number of nitrogens with zero attached hydrogens (tertiary/aromatic N) is 1. The van der Waals surface area contributed by atoms with E-state index in [0.717, 1.165) is 16.7 Å². The molecule has 0 fully saturated rings. The van der Waals surface area contributed by atoms with E-state index in [1.165, 1.54) is 14.0 Å². The van der Waals surface area contributed by atoms with Gasteiger partial charge in [-0.3, -0.25) is 9.59 Å². The molecule has 0 aromatic heterocycles. The van der Waals surface area contributed by atoms with Gasteiger partial charge in [-0.25, -0.2) is 4.79 Å². The molecule has 2 aliphatic heterocycles. The Balaban J connectivity index is 1.40. The SMILES string of the molecule is COC(=O)[C@@H]1Cc2cc3c(cc2CN1C(=O)c1ccccc1)O[C@@H](c1ccc(OC(C)=O)cc1)CO3. The van der Waals surface area contributed by atoms with Crippen LogP contribution in [0.5, 0.6) is 17.2 Å². The number of hydrogen-bond donors (Lipinski definition) is 0. The van der Waals surface area contributed by atoms with Crippen LogP contribution in [-0.2, 0) is 27.3 Å². The van der Waals surface area contributed by atoms with Gasteiger partial charge in [0, 0.05) is 25.5 Å². The first-order chi connectivity index (χ1) is 17.4. The van der Waals surface area contributed by atoms with Gasteiger partial charge >= 0.3 is 11.9 Å². The molecular formula is C28H25NO7. The number of rotatable bonds is 4. The highest BCUT2D eigenvalue weighted by Gasteiger charge is 2.37. The van der Waals surface area contributed by atoms with E-state index in [0.29, 0.717) is 35.8 Å². The summed E-state index contributed by atoms with van der Waals surface area (Å²) in [4.78, 5) is 38.6. The normalized spacial score (nSPS) is 18.1. The summed E-state index contributed by atoms with van der Waals surface area (Å²) < 4.78 is 22.4. The summed E-state index contributed by atoms with van der Waals surface area (Å²) in [6.07, 6.45) is -0.0338. The van der Waals surface area contributed by atoms with Gasteiger partial charge in [0.25, 0.3) is 5.91 Å². The zero-order chi connectivity index (χ0) is 25.2. The smallest absolute Gasteiger partial charge is 0.328 e. The lowest BCUT2D eigenvalue weighted by atomic mass is 9.92. The van der Waals surface area contributed by atoms with Crippen molar-refractivity contribution in [3.05, 3.63) is 89.0 Å². The maximum Gasteiger partial charge on any atom is 0.328 e. The minimum Gasteiger partial charge on any atom is -0.485 e. The maximum absolute atomic E-state index is 13.3. The molecule has 8 heteroatoms. The predicted molar refractivity (Wildman–Crippen MR) is 129 cm³/mol. The van der Waals surface area contributed by atoms with Crippen molar-refractivity contribution in [3.8, 4) is 17.2 Å². The van der Waals surface area contributed by atoms with E-state index in [-0.39, 0.29) is 24.5 Å². The molecule has 2 aliphatic rings. The van der Waals surface area contributed by atoms with Crippen molar-refractivity contribution < 1.29 is 33.3 Å². The van der Waals surface area contributed by atoms with E-state index in [2.05, 4.69) is 0 Å². The van der Waals surface area contributed by atoms with Crippen molar-refractivity contribution in [3.63, 3.8) is 0 Å². The average Bonchev–Trinajstić information content (AvgIpc) is 2.90. The van der Waals surface area contributed by atoms with Gasteiger partial charge in [-0.05, 0) is 53.1 Å². The lowest BCUT2D eigenvalue weighted by Crippen LogP contribution is -2.49. The third-order valence-corrected chi connectivity index (χ3v) is 6.32. The molecule has 0 N–H and O–H groups in total. The second kappa shape index (κ2) is 9.73. The molecule has 8 nitrogen and oxygen atoms in total. The van der Waals surface area contributed by atoms with Gasteiger partial charge in [0.1, 0.15) is 18.4 Å². The van der Waals surface area contributed by atoms with Crippen molar-refractivity contribution in [2.75, 3.05) is 13.7 Å². The average molecular weight is 488 g/mol. The number of benzene rings is 3. The zero-order valence-electron chi connectivity index (χ0n) is 19.9. The second-order valence-corrected chi connectivity index (χ2v) is 8.69. The Hall–Kier alpha value is -4.33. The summed E-state index contributed by atoms with van der Waals surface area (Å²) in [7, 11) is 1.33. The van der Waals surface area contributed by atoms with Gasteiger partial charge in [0.15, 0.2) is 17.6 Å². The molecule has 2 atom stereocenters. The fourth-order valence-corrected chi connectivity index (χ4v) is 4.54. The molecule has 184 valence electrons. The number of amides is 1. The van der Waals surface area contributed by atoms with Crippen molar-refractivity contribution >= 4 is 17.8 Å². The highest BCUT2D eigenvalue weighted by molar-refractivity contribution is 5.97. The quantitative estimate of drug-likeness (QED) is 0.408. The Morgan fingerprint density at radius 1 is 0.944 bits per heavy atom. The van der Waals surface area contributed by atoms with Crippen LogP contribution in [0.3, 0.4) is 0 Å². The Bertz CT molecular complexity index is 1300. The molecule has 0 saturated heterocycles. The summed E-state index contributed by atoms with van der Waals surface area (Å²) in [6.45, 7) is 1.89. The van der Waals surface area contributed by atoms with Gasteiger partial charge in [0.2, 0.25) is 0 Å². The molecule has 2 heterocycles. The largest absolute Gasteiger partial charge is 0.485 e. The van der Waals surface area contributed by atoms with Crippen LogP contribution >= 0.6 is 0 Å². The number of methoxy groups -OCH3 is 1. The lowest BCUT2D eigenvalue weighted by molar-refractivity contribution is -0.146. The van der Waals surface area contributed by atoms with Crippen LogP contribution in [0.2, 0.25) is 0 Å². The molecule has 0 unspecified atom stereocenters. The zero-order valence-corrected chi connectivity index (χ0v) is 19.9. The Morgan fingerprint density at radius 2 is 1.67 bits per heavy atom. The Labute approximate surface area is 208 Å². The molecule has 0 spiro atoms. The van der Waals surface area contributed by atoms with Gasteiger partial charge in [0.05, 0.1) is 7.11 Å². The van der Waals surface area contributed by atoms with Crippen LogP contribution in [0, 0.1) is 0 Å². The molecule has 0 aliphatic carbocycles. The highest BCUT2D eigenvalue weighted by Crippen LogP contribution is 2.41. The van der Waals surface area contributed by atoms with Crippen molar-refractivity contribution in [1.29, 1.82) is 0 Å². The Kier molecular flexibility index (Phi) is 6.33. The molecule has 0 bridgehead atoms. The molecule has 3 aromatic rings. The third-order valence-electron chi connectivity index (χ3n) is 6.32. The van der Waals surface area contributed by atoms with Crippen molar-refractivity contribution in [2.24, 2.45) is 0 Å². The topological polar surface area (TPSA) is 91.4 Å². The first-order valence-corrected chi connectivity index (χ1v) is 11.6. The van der Waals surface area contributed by atoms with Gasteiger partial charge in [-0.1, -0.05) is 30.3 Å². The molecule has 0 radical (unpaired) electrons. The van der Waals surface area contributed by atoms with Crippen LogP contribution in [0.15, 0.2) is 66.7 Å². The van der Waals surface area contributed by atoms with E-state index in [1.54, 1.807) is 41.3 Å². The van der Waals surface area contributed by atoms with E-state index >= 15 is 0 Å². The summed E-state index contributed by atoms with van der Waals surface area (Å²) >= 11 is 0. The van der Waals surface area contributed by atoms with Crippen molar-refractivity contribution in [2.45, 2.75) is 32.0 Å². The van der Waals surface area contributed by atoms with Gasteiger partial charge in [-0.15, -0.1) is 0 Å².